The summed E-state index contributed by atoms with van der Waals surface area (Å²) in [5.41, 5.74) is 0.145. The van der Waals surface area contributed by atoms with Gasteiger partial charge in [0.2, 0.25) is 0 Å². The Labute approximate surface area is 87.9 Å². The van der Waals surface area contributed by atoms with Gasteiger partial charge in [0, 0.05) is 5.41 Å². The normalized spacial score (nSPS) is 49.9. The van der Waals surface area contributed by atoms with E-state index in [0.717, 1.165) is 25.2 Å². The summed E-state index contributed by atoms with van der Waals surface area (Å²) in [6, 6.07) is 0. The predicted octanol–water partition coefficient (Wildman–Crippen LogP) is 3.36. The van der Waals surface area contributed by atoms with Crippen molar-refractivity contribution < 1.29 is 5.11 Å². The van der Waals surface area contributed by atoms with Crippen LogP contribution in [0, 0.1) is 16.7 Å². The van der Waals surface area contributed by atoms with Crippen LogP contribution >= 0.6 is 0 Å². The van der Waals surface area contributed by atoms with Crippen LogP contribution in [0.25, 0.3) is 0 Å². The molecule has 0 saturated heterocycles. The zero-order valence-corrected chi connectivity index (χ0v) is 10.1. The van der Waals surface area contributed by atoms with Crippen LogP contribution in [0.2, 0.25) is 0 Å². The van der Waals surface area contributed by atoms with E-state index in [1.165, 1.54) is 12.8 Å². The van der Waals surface area contributed by atoms with Crippen molar-refractivity contribution in [1.82, 2.24) is 0 Å². The molecule has 0 unspecified atom stereocenters. The number of rotatable bonds is 2. The average molecular weight is 196 g/mol. The van der Waals surface area contributed by atoms with E-state index in [1.54, 1.807) is 0 Å². The summed E-state index contributed by atoms with van der Waals surface area (Å²) in [6.45, 7) is 9.21. The summed E-state index contributed by atoms with van der Waals surface area (Å²) in [5.74, 6) is 0.754. The minimum atomic E-state index is -0.367. The largest absolute Gasteiger partial charge is 0.389 e. The summed E-state index contributed by atoms with van der Waals surface area (Å²) >= 11 is 0. The fourth-order valence-electron chi connectivity index (χ4n) is 4.21. The van der Waals surface area contributed by atoms with Crippen LogP contribution in [-0.4, -0.2) is 10.7 Å². The van der Waals surface area contributed by atoms with Gasteiger partial charge < -0.3 is 5.11 Å². The van der Waals surface area contributed by atoms with Gasteiger partial charge in [0.1, 0.15) is 0 Å². The first-order valence-electron chi connectivity index (χ1n) is 6.10. The van der Waals surface area contributed by atoms with E-state index in [1.807, 2.05) is 0 Å². The van der Waals surface area contributed by atoms with Crippen LogP contribution in [0.5, 0.6) is 0 Å². The maximum Gasteiger partial charge on any atom is 0.0709 e. The maximum absolute atomic E-state index is 10.8. The molecule has 0 aromatic rings. The molecule has 1 nitrogen and oxygen atoms in total. The molecule has 3 atom stereocenters. The van der Waals surface area contributed by atoms with Gasteiger partial charge in [0.05, 0.1) is 5.60 Å². The predicted molar refractivity (Wildman–Crippen MR) is 59.1 cm³/mol. The Bertz CT molecular complexity index is 246. The summed E-state index contributed by atoms with van der Waals surface area (Å²) in [7, 11) is 0. The van der Waals surface area contributed by atoms with E-state index in [9.17, 15) is 5.11 Å². The van der Waals surface area contributed by atoms with E-state index < -0.39 is 0 Å². The molecule has 1 heteroatoms. The molecule has 14 heavy (non-hydrogen) atoms. The van der Waals surface area contributed by atoms with Crippen molar-refractivity contribution >= 4 is 0 Å². The van der Waals surface area contributed by atoms with Crippen molar-refractivity contribution in [3.8, 4) is 0 Å². The highest BCUT2D eigenvalue weighted by atomic mass is 16.3. The fourth-order valence-corrected chi connectivity index (χ4v) is 4.21. The van der Waals surface area contributed by atoms with Gasteiger partial charge in [-0.2, -0.15) is 0 Å². The van der Waals surface area contributed by atoms with Crippen LogP contribution in [-0.2, 0) is 0 Å². The lowest BCUT2D eigenvalue weighted by Crippen LogP contribution is -2.46. The lowest BCUT2D eigenvalue weighted by Gasteiger charge is -2.45. The first kappa shape index (κ1) is 10.5. The van der Waals surface area contributed by atoms with E-state index >= 15 is 0 Å². The molecule has 0 heterocycles. The van der Waals surface area contributed by atoms with Crippen LogP contribution in [0.15, 0.2) is 0 Å². The Kier molecular flexibility index (Phi) is 2.06. The summed E-state index contributed by atoms with van der Waals surface area (Å²) < 4.78 is 0. The lowest BCUT2D eigenvalue weighted by molar-refractivity contribution is -0.0949. The summed E-state index contributed by atoms with van der Waals surface area (Å²) in [4.78, 5) is 0. The minimum absolute atomic E-state index is 0.167. The van der Waals surface area contributed by atoms with Crippen molar-refractivity contribution in [2.24, 2.45) is 16.7 Å². The fraction of sp³-hybridized carbons (Fsp3) is 1.00. The molecule has 0 radical (unpaired) electrons. The van der Waals surface area contributed by atoms with Gasteiger partial charge in [-0.1, -0.05) is 34.1 Å². The topological polar surface area (TPSA) is 20.2 Å². The lowest BCUT2D eigenvalue weighted by atomic mass is 9.63. The quantitative estimate of drug-likeness (QED) is 0.718. The Morgan fingerprint density at radius 1 is 1.29 bits per heavy atom. The van der Waals surface area contributed by atoms with Gasteiger partial charge >= 0.3 is 0 Å². The van der Waals surface area contributed by atoms with Gasteiger partial charge in [-0.15, -0.1) is 0 Å². The van der Waals surface area contributed by atoms with E-state index in [4.69, 9.17) is 0 Å². The van der Waals surface area contributed by atoms with Crippen LogP contribution in [0.1, 0.15) is 59.8 Å². The maximum atomic E-state index is 10.8. The number of hydrogen-bond donors (Lipinski definition) is 1. The molecule has 0 aromatic heterocycles. The molecule has 0 amide bonds. The molecule has 2 bridgehead atoms. The second-order valence-corrected chi connectivity index (χ2v) is 6.28. The average Bonchev–Trinajstić information content (AvgIpc) is 2.36. The molecule has 0 aromatic carbocycles. The molecule has 2 fully saturated rings. The third-order valence-electron chi connectivity index (χ3n) is 5.71. The number of aliphatic hydroxyl groups is 1. The van der Waals surface area contributed by atoms with Gasteiger partial charge in [0.25, 0.3) is 0 Å². The van der Waals surface area contributed by atoms with Gasteiger partial charge in [-0.25, -0.2) is 0 Å². The highest BCUT2D eigenvalue weighted by molar-refractivity contribution is 5.17. The molecule has 0 spiro atoms. The SMILES string of the molecule is CCC[C@]1(O)C[C@H]2CC[C@]1(C)C2(C)C. The smallest absolute Gasteiger partial charge is 0.0709 e. The Balaban J connectivity index is 2.35. The van der Waals surface area contributed by atoms with E-state index in [0.29, 0.717) is 5.41 Å². The Morgan fingerprint density at radius 3 is 2.29 bits per heavy atom. The summed E-state index contributed by atoms with van der Waals surface area (Å²) in [6.07, 6.45) is 5.69. The van der Waals surface area contributed by atoms with Crippen molar-refractivity contribution in [2.45, 2.75) is 65.4 Å². The van der Waals surface area contributed by atoms with E-state index in [2.05, 4.69) is 27.7 Å². The van der Waals surface area contributed by atoms with Crippen LogP contribution in [0.3, 0.4) is 0 Å². The van der Waals surface area contributed by atoms with Crippen molar-refractivity contribution in [3.05, 3.63) is 0 Å². The molecule has 2 rings (SSSR count). The molecule has 0 aliphatic heterocycles. The first-order chi connectivity index (χ1) is 6.37. The Hall–Kier alpha value is -0.0400. The van der Waals surface area contributed by atoms with Gasteiger partial charge in [0.15, 0.2) is 0 Å². The molecule has 1 N–H and O–H groups in total. The molecule has 82 valence electrons. The molecular weight excluding hydrogens is 172 g/mol. The second-order valence-electron chi connectivity index (χ2n) is 6.28. The van der Waals surface area contributed by atoms with Crippen molar-refractivity contribution in [3.63, 3.8) is 0 Å². The van der Waals surface area contributed by atoms with Crippen LogP contribution < -0.4 is 0 Å². The highest BCUT2D eigenvalue weighted by Gasteiger charge is 2.67. The van der Waals surface area contributed by atoms with E-state index in [-0.39, 0.29) is 11.0 Å². The van der Waals surface area contributed by atoms with Crippen molar-refractivity contribution in [1.29, 1.82) is 0 Å². The van der Waals surface area contributed by atoms with Crippen LogP contribution in [0.4, 0.5) is 0 Å². The van der Waals surface area contributed by atoms with Gasteiger partial charge in [-0.3, -0.25) is 0 Å². The highest BCUT2D eigenvalue weighted by Crippen LogP contribution is 2.70. The number of fused-ring (bicyclic) bond motifs is 2. The third kappa shape index (κ3) is 0.946. The standard InChI is InChI=1S/C13H24O/c1-5-7-13(14)9-10-6-8-12(13,4)11(10,2)3/h10,14H,5-9H2,1-4H3/t10-,12-,13+/m1/s1. The summed E-state index contributed by atoms with van der Waals surface area (Å²) in [5, 5.41) is 10.8. The Morgan fingerprint density at radius 2 is 1.93 bits per heavy atom. The molecule has 2 aliphatic carbocycles. The molecular formula is C13H24O. The van der Waals surface area contributed by atoms with Gasteiger partial charge in [-0.05, 0) is 37.0 Å². The number of hydrogen-bond acceptors (Lipinski definition) is 1. The monoisotopic (exact) mass is 196 g/mol. The second kappa shape index (κ2) is 2.75. The zero-order valence-electron chi connectivity index (χ0n) is 10.1. The minimum Gasteiger partial charge on any atom is -0.389 e. The molecule has 2 saturated carbocycles. The first-order valence-corrected chi connectivity index (χ1v) is 6.10. The third-order valence-corrected chi connectivity index (χ3v) is 5.71. The zero-order chi connectivity index (χ0) is 10.6. The van der Waals surface area contributed by atoms with Crippen molar-refractivity contribution in [2.75, 3.05) is 0 Å². The molecule has 2 aliphatic rings.